The van der Waals surface area contributed by atoms with Gasteiger partial charge in [0.05, 0.1) is 6.54 Å². The summed E-state index contributed by atoms with van der Waals surface area (Å²) in [6, 6.07) is 3.44. The van der Waals surface area contributed by atoms with Gasteiger partial charge in [0.15, 0.2) is 11.4 Å². The van der Waals surface area contributed by atoms with Crippen LogP contribution in [0.1, 0.15) is 43.4 Å². The summed E-state index contributed by atoms with van der Waals surface area (Å²) in [7, 11) is 0. The Kier molecular flexibility index (Phi) is 3.63. The van der Waals surface area contributed by atoms with Crippen LogP contribution in [0, 0.1) is 5.82 Å². The van der Waals surface area contributed by atoms with Crippen molar-refractivity contribution in [1.82, 2.24) is 5.32 Å². The molecule has 1 aromatic carbocycles. The highest BCUT2D eigenvalue weighted by Gasteiger charge is 2.31. The number of halogens is 2. The molecule has 0 atom stereocenters. The van der Waals surface area contributed by atoms with Crippen LogP contribution in [0.25, 0.3) is 11.0 Å². The third kappa shape index (κ3) is 2.56. The van der Waals surface area contributed by atoms with Crippen LogP contribution in [0.3, 0.4) is 0 Å². The summed E-state index contributed by atoms with van der Waals surface area (Å²) >= 11 is 3.36. The molecular weight excluding hydrogens is 309 g/mol. The van der Waals surface area contributed by atoms with Gasteiger partial charge < -0.3 is 9.73 Å². The Morgan fingerprint density at radius 1 is 1.42 bits per heavy atom. The summed E-state index contributed by atoms with van der Waals surface area (Å²) in [6.45, 7) is 3.77. The van der Waals surface area contributed by atoms with Crippen molar-refractivity contribution in [2.75, 3.05) is 6.54 Å². The van der Waals surface area contributed by atoms with Gasteiger partial charge in [-0.2, -0.15) is 0 Å². The number of furan rings is 1. The van der Waals surface area contributed by atoms with Crippen LogP contribution in [0.5, 0.6) is 0 Å². The molecule has 2 nitrogen and oxygen atoms in total. The van der Waals surface area contributed by atoms with E-state index < -0.39 is 0 Å². The van der Waals surface area contributed by atoms with Crippen molar-refractivity contribution < 1.29 is 8.81 Å². The van der Waals surface area contributed by atoms with Crippen LogP contribution >= 0.6 is 15.9 Å². The first-order valence-electron chi connectivity index (χ1n) is 6.81. The maximum Gasteiger partial charge on any atom is 0.170 e. The standard InChI is InChI=1S/C15H17BrFNO/c1-2-5-18-8-13-14(9-3-4-9)11-6-10(16)7-12(17)15(11)19-13/h6-7,9,18H,2-5,8H2,1H3. The van der Waals surface area contributed by atoms with Crippen molar-refractivity contribution in [2.24, 2.45) is 0 Å². The number of hydrogen-bond donors (Lipinski definition) is 1. The molecule has 1 aliphatic rings. The molecule has 102 valence electrons. The van der Waals surface area contributed by atoms with E-state index in [4.69, 9.17) is 4.42 Å². The molecule has 0 bridgehead atoms. The smallest absolute Gasteiger partial charge is 0.170 e. The molecule has 3 rings (SSSR count). The SMILES string of the molecule is CCCNCc1oc2c(F)cc(Br)cc2c1C1CC1. The first-order valence-corrected chi connectivity index (χ1v) is 7.61. The summed E-state index contributed by atoms with van der Waals surface area (Å²) in [4.78, 5) is 0. The summed E-state index contributed by atoms with van der Waals surface area (Å²) in [5.41, 5.74) is 1.61. The first kappa shape index (κ1) is 13.1. The van der Waals surface area contributed by atoms with E-state index in [0.29, 0.717) is 18.0 Å². The minimum Gasteiger partial charge on any atom is -0.456 e. The number of hydrogen-bond acceptors (Lipinski definition) is 2. The fraction of sp³-hybridized carbons (Fsp3) is 0.467. The van der Waals surface area contributed by atoms with Gasteiger partial charge in [0.1, 0.15) is 5.76 Å². The highest BCUT2D eigenvalue weighted by molar-refractivity contribution is 9.10. The zero-order valence-corrected chi connectivity index (χ0v) is 12.5. The van der Waals surface area contributed by atoms with Gasteiger partial charge in [0, 0.05) is 15.4 Å². The van der Waals surface area contributed by atoms with Crippen LogP contribution in [0.2, 0.25) is 0 Å². The molecule has 1 aliphatic carbocycles. The number of fused-ring (bicyclic) bond motifs is 1. The van der Waals surface area contributed by atoms with Crippen LogP contribution < -0.4 is 5.32 Å². The van der Waals surface area contributed by atoms with Crippen molar-refractivity contribution in [3.05, 3.63) is 33.7 Å². The average Bonchev–Trinajstić information content (AvgIpc) is 3.12. The second-order valence-electron chi connectivity index (χ2n) is 5.15. The topological polar surface area (TPSA) is 25.2 Å². The average molecular weight is 326 g/mol. The Labute approximate surface area is 120 Å². The van der Waals surface area contributed by atoms with Gasteiger partial charge in [-0.05, 0) is 43.9 Å². The molecule has 1 saturated carbocycles. The van der Waals surface area contributed by atoms with Crippen molar-refractivity contribution in [3.8, 4) is 0 Å². The molecule has 0 spiro atoms. The third-order valence-electron chi connectivity index (χ3n) is 3.52. The second-order valence-corrected chi connectivity index (χ2v) is 6.07. The minimum atomic E-state index is -0.284. The van der Waals surface area contributed by atoms with Gasteiger partial charge in [-0.3, -0.25) is 0 Å². The van der Waals surface area contributed by atoms with Gasteiger partial charge in [0.2, 0.25) is 0 Å². The lowest BCUT2D eigenvalue weighted by Gasteiger charge is -2.02. The van der Waals surface area contributed by atoms with Crippen LogP contribution in [-0.2, 0) is 6.54 Å². The molecule has 0 aliphatic heterocycles. The number of benzene rings is 1. The molecule has 1 fully saturated rings. The highest BCUT2D eigenvalue weighted by atomic mass is 79.9. The molecule has 0 amide bonds. The normalized spacial score (nSPS) is 15.3. The number of rotatable bonds is 5. The molecule has 0 radical (unpaired) electrons. The van der Waals surface area contributed by atoms with E-state index in [1.807, 2.05) is 6.07 Å². The van der Waals surface area contributed by atoms with E-state index in [0.717, 1.165) is 28.6 Å². The lowest BCUT2D eigenvalue weighted by molar-refractivity contribution is 0.490. The lowest BCUT2D eigenvalue weighted by atomic mass is 10.1. The van der Waals surface area contributed by atoms with Crippen LogP contribution in [0.15, 0.2) is 21.0 Å². The molecule has 1 N–H and O–H groups in total. The maximum atomic E-state index is 14.0. The summed E-state index contributed by atoms with van der Waals surface area (Å²) in [6.07, 6.45) is 3.45. The van der Waals surface area contributed by atoms with Gasteiger partial charge in [-0.25, -0.2) is 4.39 Å². The predicted octanol–water partition coefficient (Wildman–Crippen LogP) is 4.71. The predicted molar refractivity (Wildman–Crippen MR) is 77.8 cm³/mol. The van der Waals surface area contributed by atoms with Crippen molar-refractivity contribution in [2.45, 2.75) is 38.6 Å². The Balaban J connectivity index is 2.05. The second kappa shape index (κ2) is 5.25. The van der Waals surface area contributed by atoms with Crippen LogP contribution in [-0.4, -0.2) is 6.54 Å². The van der Waals surface area contributed by atoms with E-state index in [1.165, 1.54) is 24.5 Å². The quantitative estimate of drug-likeness (QED) is 0.805. The molecule has 4 heteroatoms. The molecule has 2 aromatic rings. The van der Waals surface area contributed by atoms with Gasteiger partial charge in [-0.1, -0.05) is 22.9 Å². The van der Waals surface area contributed by atoms with Crippen molar-refractivity contribution in [1.29, 1.82) is 0 Å². The zero-order valence-electron chi connectivity index (χ0n) is 10.9. The minimum absolute atomic E-state index is 0.284. The summed E-state index contributed by atoms with van der Waals surface area (Å²) in [5, 5.41) is 4.27. The fourth-order valence-electron chi connectivity index (χ4n) is 2.52. The van der Waals surface area contributed by atoms with E-state index >= 15 is 0 Å². The Hall–Kier alpha value is -0.870. The van der Waals surface area contributed by atoms with Gasteiger partial charge >= 0.3 is 0 Å². The Morgan fingerprint density at radius 3 is 2.89 bits per heavy atom. The van der Waals surface area contributed by atoms with E-state index in [1.54, 1.807) is 0 Å². The molecular formula is C15H17BrFNO. The molecule has 0 unspecified atom stereocenters. The fourth-order valence-corrected chi connectivity index (χ4v) is 2.95. The third-order valence-corrected chi connectivity index (χ3v) is 3.98. The summed E-state index contributed by atoms with van der Waals surface area (Å²) in [5.74, 6) is 1.17. The summed E-state index contributed by atoms with van der Waals surface area (Å²) < 4.78 is 20.5. The van der Waals surface area contributed by atoms with E-state index in [-0.39, 0.29) is 5.82 Å². The van der Waals surface area contributed by atoms with E-state index in [2.05, 4.69) is 28.2 Å². The molecule has 0 saturated heterocycles. The van der Waals surface area contributed by atoms with Crippen molar-refractivity contribution in [3.63, 3.8) is 0 Å². The monoisotopic (exact) mass is 325 g/mol. The zero-order chi connectivity index (χ0) is 13.4. The lowest BCUT2D eigenvalue weighted by Crippen LogP contribution is -2.14. The number of nitrogens with one attached hydrogen (secondary N) is 1. The van der Waals surface area contributed by atoms with Crippen LogP contribution in [0.4, 0.5) is 4.39 Å². The molecule has 1 heterocycles. The van der Waals surface area contributed by atoms with Gasteiger partial charge in [-0.15, -0.1) is 0 Å². The molecule has 1 aromatic heterocycles. The molecule has 19 heavy (non-hydrogen) atoms. The van der Waals surface area contributed by atoms with Gasteiger partial charge in [0.25, 0.3) is 0 Å². The maximum absolute atomic E-state index is 14.0. The van der Waals surface area contributed by atoms with E-state index in [9.17, 15) is 4.39 Å². The van der Waals surface area contributed by atoms with Crippen molar-refractivity contribution >= 4 is 26.9 Å². The Bertz CT molecular complexity index is 604. The first-order chi connectivity index (χ1) is 9.20. The Morgan fingerprint density at radius 2 is 2.21 bits per heavy atom. The largest absolute Gasteiger partial charge is 0.456 e. The highest BCUT2D eigenvalue weighted by Crippen LogP contribution is 2.47.